The van der Waals surface area contributed by atoms with Crippen LogP contribution in [-0.2, 0) is 21.2 Å². The molecule has 2 rings (SSSR count). The Morgan fingerprint density at radius 2 is 2.07 bits per heavy atom. The molecule has 1 atom stereocenters. The molecule has 0 spiro atoms. The van der Waals surface area contributed by atoms with Crippen LogP contribution in [-0.4, -0.2) is 11.8 Å². The third kappa shape index (κ3) is 1.89. The number of hydrogen-bond acceptors (Lipinski definition) is 3. The molecule has 1 aromatic rings. The van der Waals surface area contributed by atoms with Gasteiger partial charge in [0, 0.05) is 19.0 Å². The number of fused-ring (bicyclic) bond motifs is 1. The van der Waals surface area contributed by atoms with Crippen LogP contribution in [0.5, 0.6) is 0 Å². The van der Waals surface area contributed by atoms with Crippen LogP contribution in [0.2, 0.25) is 0 Å². The van der Waals surface area contributed by atoms with Gasteiger partial charge in [0.15, 0.2) is 0 Å². The first kappa shape index (κ1) is 9.86. The lowest BCUT2D eigenvalue weighted by atomic mass is 10.0. The first-order valence-electron chi connectivity index (χ1n) is 4.74. The summed E-state index contributed by atoms with van der Waals surface area (Å²) in [6, 6.07) is 7.48. The Hall–Kier alpha value is -1.68. The van der Waals surface area contributed by atoms with E-state index in [1.54, 1.807) is 0 Å². The lowest BCUT2D eigenvalue weighted by Crippen LogP contribution is -2.20. The van der Waals surface area contributed by atoms with Crippen LogP contribution in [0.4, 0.5) is 0 Å². The number of hydrogen-bond donors (Lipinski definition) is 1. The third-order valence-corrected chi connectivity index (χ3v) is 2.59. The molecular formula is C11H10NO3. The van der Waals surface area contributed by atoms with Gasteiger partial charge in [-0.05, 0) is 11.1 Å². The molecule has 0 aliphatic carbocycles. The van der Waals surface area contributed by atoms with Crippen molar-refractivity contribution >= 4 is 11.8 Å². The molecule has 1 radical (unpaired) electrons. The average molecular weight is 204 g/mol. The Bertz CT molecular complexity index is 414. The summed E-state index contributed by atoms with van der Waals surface area (Å²) in [7, 11) is 0. The molecule has 0 amide bonds. The normalized spacial score (nSPS) is 18.5. The second kappa shape index (κ2) is 3.82. The first-order chi connectivity index (χ1) is 7.18. The van der Waals surface area contributed by atoms with Gasteiger partial charge in [-0.1, -0.05) is 24.3 Å². The molecule has 0 aromatic heterocycles. The molecule has 1 heterocycles. The van der Waals surface area contributed by atoms with Crippen molar-refractivity contribution in [3.8, 4) is 0 Å². The largest absolute Gasteiger partial charge is 0.421 e. The van der Waals surface area contributed by atoms with Crippen LogP contribution in [0.1, 0.15) is 23.6 Å². The molecule has 1 unspecified atom stereocenters. The van der Waals surface area contributed by atoms with Gasteiger partial charge in [0.25, 0.3) is 0 Å². The number of rotatable bonds is 3. The van der Waals surface area contributed by atoms with E-state index in [1.807, 2.05) is 24.3 Å². The quantitative estimate of drug-likeness (QED) is 0.739. The smallest absolute Gasteiger partial charge is 0.305 e. The molecule has 1 N–H and O–H groups in total. The Labute approximate surface area is 86.9 Å². The van der Waals surface area contributed by atoms with Crippen LogP contribution in [0.15, 0.2) is 24.3 Å². The molecule has 0 bridgehead atoms. The summed E-state index contributed by atoms with van der Waals surface area (Å²) in [5.41, 5.74) is 2.13. The zero-order valence-corrected chi connectivity index (χ0v) is 8.03. The first-order valence-corrected chi connectivity index (χ1v) is 4.74. The van der Waals surface area contributed by atoms with Crippen molar-refractivity contribution in [3.63, 3.8) is 0 Å². The van der Waals surface area contributed by atoms with Crippen LogP contribution in [0, 0.1) is 0 Å². The molecular weight excluding hydrogens is 194 g/mol. The summed E-state index contributed by atoms with van der Waals surface area (Å²) < 4.78 is 0. The topological polar surface area (TPSA) is 66.1 Å². The van der Waals surface area contributed by atoms with Crippen molar-refractivity contribution < 1.29 is 14.7 Å². The summed E-state index contributed by atoms with van der Waals surface area (Å²) in [6.07, 6.45) is -0.0423. The highest BCUT2D eigenvalue weighted by Crippen LogP contribution is 2.27. The van der Waals surface area contributed by atoms with Gasteiger partial charge in [-0.3, -0.25) is 4.79 Å². The predicted octanol–water partition coefficient (Wildman–Crippen LogP) is 0.747. The van der Waals surface area contributed by atoms with E-state index in [0.717, 1.165) is 11.1 Å². The highest BCUT2D eigenvalue weighted by atomic mass is 16.4. The van der Waals surface area contributed by atoms with Gasteiger partial charge in [0.05, 0.1) is 0 Å². The summed E-state index contributed by atoms with van der Waals surface area (Å²) in [6.45, 7) is 0.682. The molecule has 1 aromatic carbocycles. The minimum atomic E-state index is -1.61. The summed E-state index contributed by atoms with van der Waals surface area (Å²) in [4.78, 5) is 21.3. The Balaban J connectivity index is 2.14. The highest BCUT2D eigenvalue weighted by molar-refractivity contribution is 6.32. The van der Waals surface area contributed by atoms with Crippen LogP contribution >= 0.6 is 0 Å². The standard InChI is InChI=1S/C11H10NO3/c13-10(11(14)15)5-9-8-4-2-1-3-7(8)6-12-9/h1-4,9,12H,5-6H2. The lowest BCUT2D eigenvalue weighted by molar-refractivity contribution is -0.153. The van der Waals surface area contributed by atoms with Crippen LogP contribution in [0.25, 0.3) is 0 Å². The van der Waals surface area contributed by atoms with E-state index in [-0.39, 0.29) is 12.5 Å². The van der Waals surface area contributed by atoms with Gasteiger partial charge in [-0.15, -0.1) is 0 Å². The highest BCUT2D eigenvalue weighted by Gasteiger charge is 2.26. The second-order valence-electron chi connectivity index (χ2n) is 3.55. The van der Waals surface area contributed by atoms with Gasteiger partial charge in [0.1, 0.15) is 0 Å². The minimum Gasteiger partial charge on any atom is -0.305 e. The SMILES string of the molecule is [O]C(=O)C(=O)CC1NCc2ccccc21. The van der Waals surface area contributed by atoms with E-state index >= 15 is 0 Å². The second-order valence-corrected chi connectivity index (χ2v) is 3.55. The maximum atomic E-state index is 11.0. The van der Waals surface area contributed by atoms with E-state index in [2.05, 4.69) is 5.32 Å². The zero-order valence-electron chi connectivity index (χ0n) is 8.03. The Kier molecular flexibility index (Phi) is 2.51. The fraction of sp³-hybridized carbons (Fsp3) is 0.273. The molecule has 77 valence electrons. The number of Topliss-reactive ketones (excluding diaryl/α,β-unsaturated/α-hetero) is 1. The summed E-state index contributed by atoms with van der Waals surface area (Å²) in [5, 5.41) is 13.4. The Morgan fingerprint density at radius 1 is 1.33 bits per heavy atom. The predicted molar refractivity (Wildman–Crippen MR) is 51.3 cm³/mol. The zero-order chi connectivity index (χ0) is 10.8. The van der Waals surface area contributed by atoms with Gasteiger partial charge in [-0.25, -0.2) is 9.90 Å². The molecule has 0 fully saturated rings. The van der Waals surface area contributed by atoms with Crippen molar-refractivity contribution in [2.24, 2.45) is 0 Å². The maximum absolute atomic E-state index is 11.0. The van der Waals surface area contributed by atoms with Crippen molar-refractivity contribution in [2.45, 2.75) is 19.0 Å². The van der Waals surface area contributed by atoms with E-state index in [1.165, 1.54) is 0 Å². The third-order valence-electron chi connectivity index (χ3n) is 2.59. The maximum Gasteiger partial charge on any atom is 0.421 e. The minimum absolute atomic E-state index is 0.0423. The molecule has 0 saturated heterocycles. The number of benzene rings is 1. The van der Waals surface area contributed by atoms with Gasteiger partial charge >= 0.3 is 5.97 Å². The fourth-order valence-electron chi connectivity index (χ4n) is 1.83. The molecule has 15 heavy (non-hydrogen) atoms. The average Bonchev–Trinajstić information content (AvgIpc) is 2.62. The lowest BCUT2D eigenvalue weighted by Gasteiger charge is -2.08. The van der Waals surface area contributed by atoms with E-state index in [9.17, 15) is 14.7 Å². The van der Waals surface area contributed by atoms with Crippen molar-refractivity contribution in [3.05, 3.63) is 35.4 Å². The molecule has 4 nitrogen and oxygen atoms in total. The summed E-state index contributed by atoms with van der Waals surface area (Å²) >= 11 is 0. The van der Waals surface area contributed by atoms with Crippen LogP contribution < -0.4 is 5.32 Å². The molecule has 1 aliphatic heterocycles. The van der Waals surface area contributed by atoms with E-state index in [0.29, 0.717) is 6.54 Å². The Morgan fingerprint density at radius 3 is 2.80 bits per heavy atom. The fourth-order valence-corrected chi connectivity index (χ4v) is 1.83. The van der Waals surface area contributed by atoms with E-state index < -0.39 is 11.8 Å². The number of carbonyl (C=O) groups excluding carboxylic acids is 2. The van der Waals surface area contributed by atoms with Gasteiger partial charge < -0.3 is 5.32 Å². The van der Waals surface area contributed by atoms with E-state index in [4.69, 9.17) is 0 Å². The van der Waals surface area contributed by atoms with Crippen molar-refractivity contribution in [1.29, 1.82) is 0 Å². The van der Waals surface area contributed by atoms with Gasteiger partial charge in [0.2, 0.25) is 5.78 Å². The van der Waals surface area contributed by atoms with Crippen molar-refractivity contribution in [1.82, 2.24) is 5.32 Å². The summed E-state index contributed by atoms with van der Waals surface area (Å²) in [5.74, 6) is -2.47. The van der Waals surface area contributed by atoms with Crippen molar-refractivity contribution in [2.75, 3.05) is 0 Å². The monoisotopic (exact) mass is 204 g/mol. The molecule has 0 saturated carbocycles. The number of nitrogens with one attached hydrogen (secondary N) is 1. The van der Waals surface area contributed by atoms with Crippen LogP contribution in [0.3, 0.4) is 0 Å². The number of carbonyl (C=O) groups is 2. The van der Waals surface area contributed by atoms with Gasteiger partial charge in [-0.2, -0.15) is 0 Å². The number of ketones is 1. The molecule has 4 heteroatoms. The molecule has 1 aliphatic rings.